The van der Waals surface area contributed by atoms with Crippen LogP contribution in [-0.2, 0) is 4.65 Å². The van der Waals surface area contributed by atoms with Gasteiger partial charge in [0.2, 0.25) is 0 Å². The highest BCUT2D eigenvalue weighted by Crippen LogP contribution is 2.10. The first-order chi connectivity index (χ1) is 6.29. The van der Waals surface area contributed by atoms with Crippen molar-refractivity contribution in [2.45, 2.75) is 13.0 Å². The lowest BCUT2D eigenvalue weighted by Gasteiger charge is -2.17. The minimum Gasteiger partial charge on any atom is -0.416 e. The lowest BCUT2D eigenvalue weighted by Crippen LogP contribution is -2.44. The van der Waals surface area contributed by atoms with Crippen LogP contribution in [0.2, 0.25) is 0 Å². The van der Waals surface area contributed by atoms with Crippen LogP contribution in [0.25, 0.3) is 0 Å². The minimum atomic E-state index is 0.149. The highest BCUT2D eigenvalue weighted by Gasteiger charge is 2.34. The molecule has 0 N–H and O–H groups in total. The maximum absolute atomic E-state index is 5.69. The van der Waals surface area contributed by atoms with Crippen LogP contribution in [0.5, 0.6) is 0 Å². The van der Waals surface area contributed by atoms with Crippen LogP contribution >= 0.6 is 0 Å². The Hall–Kier alpha value is -0.795. The van der Waals surface area contributed by atoms with E-state index in [1.165, 1.54) is 5.46 Å². The first-order valence-electron chi connectivity index (χ1n) is 4.67. The van der Waals surface area contributed by atoms with Crippen molar-refractivity contribution in [1.82, 2.24) is 4.81 Å². The quantitative estimate of drug-likeness (QED) is 0.583. The van der Waals surface area contributed by atoms with Crippen molar-refractivity contribution < 1.29 is 4.65 Å². The van der Waals surface area contributed by atoms with Crippen molar-refractivity contribution in [1.29, 1.82) is 0 Å². The second-order valence-corrected chi connectivity index (χ2v) is 3.61. The lowest BCUT2D eigenvalue weighted by atomic mass is 9.72. The lowest BCUT2D eigenvalue weighted by molar-refractivity contribution is 0.338. The predicted molar refractivity (Wildman–Crippen MR) is 55.0 cm³/mol. The maximum Gasteiger partial charge on any atom is 0.418 e. The molecule has 2 nitrogen and oxygen atoms in total. The number of hydrogen-bond acceptors (Lipinski definition) is 2. The van der Waals surface area contributed by atoms with Gasteiger partial charge in [0, 0.05) is 12.6 Å². The zero-order valence-electron chi connectivity index (χ0n) is 8.10. The molecule has 1 atom stereocenters. The van der Waals surface area contributed by atoms with Gasteiger partial charge in [0.25, 0.3) is 0 Å². The molecule has 1 heterocycles. The third-order valence-electron chi connectivity index (χ3n) is 2.65. The van der Waals surface area contributed by atoms with Crippen LogP contribution < -0.4 is 5.46 Å². The van der Waals surface area contributed by atoms with E-state index in [1.54, 1.807) is 0 Å². The normalized spacial score (nSPS) is 23.8. The molecule has 68 valence electrons. The number of nitrogens with zero attached hydrogens (tertiary/aromatic N) is 1. The monoisotopic (exact) mass is 175 g/mol. The third kappa shape index (κ3) is 1.62. The van der Waals surface area contributed by atoms with Crippen LogP contribution in [0.15, 0.2) is 30.3 Å². The first-order valence-corrected chi connectivity index (χ1v) is 4.67. The van der Waals surface area contributed by atoms with Gasteiger partial charge in [-0.2, -0.15) is 0 Å². The molecule has 3 heteroatoms. The van der Waals surface area contributed by atoms with Gasteiger partial charge < -0.3 is 9.47 Å². The summed E-state index contributed by atoms with van der Waals surface area (Å²) in [5.74, 6) is 0. The molecule has 0 aromatic heterocycles. The van der Waals surface area contributed by atoms with Crippen LogP contribution in [0.1, 0.15) is 6.92 Å². The van der Waals surface area contributed by atoms with Gasteiger partial charge in [-0.05, 0) is 19.4 Å². The van der Waals surface area contributed by atoms with Gasteiger partial charge in [-0.25, -0.2) is 0 Å². The Kier molecular flexibility index (Phi) is 2.38. The Labute approximate surface area is 79.6 Å². The molecule has 2 rings (SSSR count). The van der Waals surface area contributed by atoms with Crippen molar-refractivity contribution in [2.24, 2.45) is 0 Å². The van der Waals surface area contributed by atoms with Gasteiger partial charge in [-0.1, -0.05) is 30.3 Å². The zero-order valence-corrected chi connectivity index (χ0v) is 8.10. The Morgan fingerprint density at radius 3 is 2.62 bits per heavy atom. The van der Waals surface area contributed by atoms with Crippen LogP contribution in [0.4, 0.5) is 0 Å². The van der Waals surface area contributed by atoms with Gasteiger partial charge in [0.1, 0.15) is 0 Å². The molecule has 1 aromatic carbocycles. The Morgan fingerprint density at radius 2 is 2.08 bits per heavy atom. The maximum atomic E-state index is 5.69. The molecule has 1 aromatic rings. The molecule has 0 radical (unpaired) electrons. The van der Waals surface area contributed by atoms with Crippen LogP contribution in [0, 0.1) is 0 Å². The van der Waals surface area contributed by atoms with E-state index in [2.05, 4.69) is 43.0 Å². The number of rotatable bonds is 1. The van der Waals surface area contributed by atoms with E-state index < -0.39 is 0 Å². The van der Waals surface area contributed by atoms with Crippen molar-refractivity contribution in [3.8, 4) is 0 Å². The molecule has 0 saturated carbocycles. The fourth-order valence-electron chi connectivity index (χ4n) is 1.65. The molecule has 0 aliphatic carbocycles. The van der Waals surface area contributed by atoms with Crippen molar-refractivity contribution in [2.75, 3.05) is 13.7 Å². The van der Waals surface area contributed by atoms with Crippen LogP contribution in [-0.4, -0.2) is 31.6 Å². The average molecular weight is 175 g/mol. The highest BCUT2D eigenvalue weighted by atomic mass is 16.5. The molecular formula is C10H14BNO. The average Bonchev–Trinajstić information content (AvgIpc) is 2.49. The molecule has 1 aliphatic rings. The van der Waals surface area contributed by atoms with E-state index in [9.17, 15) is 0 Å². The summed E-state index contributed by atoms with van der Waals surface area (Å²) >= 11 is 0. The van der Waals surface area contributed by atoms with Crippen molar-refractivity contribution in [3.63, 3.8) is 0 Å². The van der Waals surface area contributed by atoms with E-state index in [1.807, 2.05) is 6.07 Å². The Bertz CT molecular complexity index is 278. The molecule has 0 amide bonds. The van der Waals surface area contributed by atoms with Gasteiger partial charge in [0.05, 0.1) is 0 Å². The summed E-state index contributed by atoms with van der Waals surface area (Å²) in [6.07, 6.45) is 0. The molecule has 0 bridgehead atoms. The van der Waals surface area contributed by atoms with E-state index in [0.29, 0.717) is 6.04 Å². The van der Waals surface area contributed by atoms with Gasteiger partial charge in [-0.3, -0.25) is 0 Å². The highest BCUT2D eigenvalue weighted by molar-refractivity contribution is 6.65. The molecule has 1 aliphatic heterocycles. The molecule has 1 unspecified atom stereocenters. The smallest absolute Gasteiger partial charge is 0.416 e. The van der Waals surface area contributed by atoms with E-state index in [4.69, 9.17) is 4.65 Å². The fourth-order valence-corrected chi connectivity index (χ4v) is 1.65. The summed E-state index contributed by atoms with van der Waals surface area (Å²) in [5.41, 5.74) is 1.24. The first kappa shape index (κ1) is 8.79. The minimum absolute atomic E-state index is 0.149. The van der Waals surface area contributed by atoms with E-state index >= 15 is 0 Å². The molecule has 1 saturated heterocycles. The van der Waals surface area contributed by atoms with Crippen LogP contribution in [0.3, 0.4) is 0 Å². The molecule has 1 fully saturated rings. The number of benzene rings is 1. The van der Waals surface area contributed by atoms with Crippen molar-refractivity contribution >= 4 is 12.5 Å². The Morgan fingerprint density at radius 1 is 1.38 bits per heavy atom. The third-order valence-corrected chi connectivity index (χ3v) is 2.65. The van der Waals surface area contributed by atoms with E-state index in [0.717, 1.165) is 6.61 Å². The summed E-state index contributed by atoms with van der Waals surface area (Å²) in [4.78, 5) is 2.26. The zero-order chi connectivity index (χ0) is 9.26. The standard InChI is InChI=1S/C10H14BNO/c1-9-8-13-11(12(9)2)10-6-4-3-5-7-10/h3-7,9H,8H2,1-2H3. The summed E-state index contributed by atoms with van der Waals surface area (Å²) in [5, 5.41) is 0. The van der Waals surface area contributed by atoms with E-state index in [-0.39, 0.29) is 7.05 Å². The topological polar surface area (TPSA) is 12.5 Å². The largest absolute Gasteiger partial charge is 0.418 e. The molecule has 13 heavy (non-hydrogen) atoms. The molecule has 0 spiro atoms. The van der Waals surface area contributed by atoms with Gasteiger partial charge >= 0.3 is 7.05 Å². The van der Waals surface area contributed by atoms with Gasteiger partial charge in [0.15, 0.2) is 0 Å². The SMILES string of the molecule is CC1COB(c2ccccc2)N1C. The van der Waals surface area contributed by atoms with Crippen molar-refractivity contribution in [3.05, 3.63) is 30.3 Å². The second kappa shape index (κ2) is 3.52. The molecular weight excluding hydrogens is 161 g/mol. The Balaban J connectivity index is 2.19. The van der Waals surface area contributed by atoms with Gasteiger partial charge in [-0.15, -0.1) is 0 Å². The predicted octanol–water partition coefficient (Wildman–Crippen LogP) is 0.732. The summed E-state index contributed by atoms with van der Waals surface area (Å²) in [6.45, 7) is 3.01. The summed E-state index contributed by atoms with van der Waals surface area (Å²) in [7, 11) is 2.26. The fraction of sp³-hybridized carbons (Fsp3) is 0.400. The number of likely N-dealkylation sites (N-methyl/N-ethyl adjacent to an activating group) is 1. The second-order valence-electron chi connectivity index (χ2n) is 3.61. The summed E-state index contributed by atoms with van der Waals surface area (Å²) < 4.78 is 5.69. The number of hydrogen-bond donors (Lipinski definition) is 0. The summed E-state index contributed by atoms with van der Waals surface area (Å²) in [6, 6.07) is 10.9.